The fourth-order valence-corrected chi connectivity index (χ4v) is 3.26. The molecule has 1 N–H and O–H groups in total. The van der Waals surface area contributed by atoms with Gasteiger partial charge in [-0.1, -0.05) is 29.8 Å². The van der Waals surface area contributed by atoms with E-state index in [1.54, 1.807) is 24.3 Å². The van der Waals surface area contributed by atoms with Gasteiger partial charge in [0.1, 0.15) is 5.82 Å². The average Bonchev–Trinajstić information content (AvgIpc) is 2.62. The van der Waals surface area contributed by atoms with Crippen LogP contribution in [0.3, 0.4) is 0 Å². The molecule has 0 bridgehead atoms. The van der Waals surface area contributed by atoms with E-state index in [1.165, 1.54) is 42.1 Å². The number of thioether (sulfide) groups is 1. The Hall–Kier alpha value is -2.38. The maximum Gasteiger partial charge on any atom is 0.270 e. The molecule has 0 radical (unpaired) electrons. The Morgan fingerprint density at radius 1 is 1.31 bits per heavy atom. The molecule has 0 fully saturated rings. The molecule has 0 spiro atoms. The number of nitro benzene ring substituents is 1. The van der Waals surface area contributed by atoms with E-state index in [2.05, 4.69) is 5.32 Å². The number of nitro groups is 1. The summed E-state index contributed by atoms with van der Waals surface area (Å²) in [6, 6.07) is 10.6. The topological polar surface area (TPSA) is 72.2 Å². The highest BCUT2D eigenvalue weighted by Crippen LogP contribution is 2.23. The lowest BCUT2D eigenvalue weighted by atomic mass is 10.2. The van der Waals surface area contributed by atoms with E-state index in [4.69, 9.17) is 11.6 Å². The van der Waals surface area contributed by atoms with E-state index < -0.39 is 4.92 Å². The first kappa shape index (κ1) is 19.9. The fourth-order valence-electron chi connectivity index (χ4n) is 2.06. The van der Waals surface area contributed by atoms with Crippen molar-refractivity contribution in [3.05, 3.63) is 80.6 Å². The molecule has 2 rings (SSSR count). The number of carbonyl (C=O) groups is 1. The quantitative estimate of drug-likeness (QED) is 0.311. The third kappa shape index (κ3) is 6.16. The lowest BCUT2D eigenvalue weighted by Crippen LogP contribution is -2.23. The SMILES string of the molecule is O=C(C=Cc1cccc([N+](=O)[O-])c1)NCCSCc1c(F)cccc1Cl. The van der Waals surface area contributed by atoms with Crippen LogP contribution in [0, 0.1) is 15.9 Å². The highest BCUT2D eigenvalue weighted by molar-refractivity contribution is 7.98. The smallest absolute Gasteiger partial charge is 0.270 e. The Bertz CT molecular complexity index is 810. The summed E-state index contributed by atoms with van der Waals surface area (Å²) in [5.41, 5.74) is 0.991. The number of rotatable bonds is 8. The zero-order valence-corrected chi connectivity index (χ0v) is 15.2. The van der Waals surface area contributed by atoms with Crippen molar-refractivity contribution in [2.24, 2.45) is 0 Å². The van der Waals surface area contributed by atoms with E-state index in [0.717, 1.165) is 0 Å². The first-order valence-electron chi connectivity index (χ1n) is 7.68. The molecular formula is C18H16ClFN2O3S. The van der Waals surface area contributed by atoms with Crippen molar-refractivity contribution >= 4 is 41.0 Å². The lowest BCUT2D eigenvalue weighted by Gasteiger charge is -2.06. The van der Waals surface area contributed by atoms with Crippen LogP contribution in [0.5, 0.6) is 0 Å². The van der Waals surface area contributed by atoms with Crippen LogP contribution in [0.2, 0.25) is 5.02 Å². The van der Waals surface area contributed by atoms with Gasteiger partial charge in [-0.25, -0.2) is 4.39 Å². The van der Waals surface area contributed by atoms with Crippen LogP contribution in [-0.2, 0) is 10.5 Å². The molecule has 8 heteroatoms. The summed E-state index contributed by atoms with van der Waals surface area (Å²) in [4.78, 5) is 22.0. The van der Waals surface area contributed by atoms with Crippen molar-refractivity contribution in [2.75, 3.05) is 12.3 Å². The van der Waals surface area contributed by atoms with Crippen LogP contribution >= 0.6 is 23.4 Å². The van der Waals surface area contributed by atoms with Gasteiger partial charge in [0.25, 0.3) is 5.69 Å². The monoisotopic (exact) mass is 394 g/mol. The number of benzene rings is 2. The Balaban J connectivity index is 1.74. The van der Waals surface area contributed by atoms with Gasteiger partial charge in [-0.05, 0) is 23.8 Å². The Labute approximate surface area is 159 Å². The van der Waals surface area contributed by atoms with Crippen LogP contribution in [0.4, 0.5) is 10.1 Å². The molecule has 0 aliphatic carbocycles. The van der Waals surface area contributed by atoms with E-state index in [1.807, 2.05) is 0 Å². The summed E-state index contributed by atoms with van der Waals surface area (Å²) in [7, 11) is 0. The molecule has 2 aromatic rings. The molecular weight excluding hydrogens is 379 g/mol. The molecule has 0 aliphatic heterocycles. The van der Waals surface area contributed by atoms with Gasteiger partial charge >= 0.3 is 0 Å². The minimum Gasteiger partial charge on any atom is -0.352 e. The minimum absolute atomic E-state index is 0.0317. The molecule has 0 unspecified atom stereocenters. The Kier molecular flexibility index (Phi) is 7.62. The van der Waals surface area contributed by atoms with Gasteiger partial charge in [-0.3, -0.25) is 14.9 Å². The van der Waals surface area contributed by atoms with E-state index in [0.29, 0.717) is 34.2 Å². The maximum atomic E-state index is 13.6. The number of carbonyl (C=O) groups excluding carboxylic acids is 1. The summed E-state index contributed by atoms with van der Waals surface area (Å²) in [6.45, 7) is 0.412. The first-order valence-corrected chi connectivity index (χ1v) is 9.21. The number of nitrogens with one attached hydrogen (secondary N) is 1. The van der Waals surface area contributed by atoms with Gasteiger partial charge in [0.2, 0.25) is 5.91 Å². The van der Waals surface area contributed by atoms with Crippen LogP contribution in [0.25, 0.3) is 6.08 Å². The summed E-state index contributed by atoms with van der Waals surface area (Å²) in [5.74, 6) is 0.376. The molecule has 0 saturated heterocycles. The van der Waals surface area contributed by atoms with Gasteiger partial charge in [0, 0.05) is 46.8 Å². The first-order chi connectivity index (χ1) is 12.5. The number of hydrogen-bond donors (Lipinski definition) is 1. The summed E-state index contributed by atoms with van der Waals surface area (Å²) >= 11 is 7.41. The van der Waals surface area contributed by atoms with Gasteiger partial charge < -0.3 is 5.32 Å². The van der Waals surface area contributed by atoms with Crippen molar-refractivity contribution in [1.29, 1.82) is 0 Å². The van der Waals surface area contributed by atoms with Crippen LogP contribution in [0.1, 0.15) is 11.1 Å². The molecule has 0 atom stereocenters. The molecule has 5 nitrogen and oxygen atoms in total. The average molecular weight is 395 g/mol. The second-order valence-corrected chi connectivity index (χ2v) is 6.74. The number of nitrogens with zero attached hydrogens (tertiary/aromatic N) is 1. The van der Waals surface area contributed by atoms with Crippen molar-refractivity contribution in [1.82, 2.24) is 5.32 Å². The molecule has 2 aromatic carbocycles. The standard InChI is InChI=1S/C18H16ClFN2O3S/c19-16-5-2-6-17(20)15(16)12-26-10-9-21-18(23)8-7-13-3-1-4-14(11-13)22(24)25/h1-8,11H,9-10,12H2,(H,21,23). The summed E-state index contributed by atoms with van der Waals surface area (Å²) < 4.78 is 13.6. The number of amides is 1. The third-order valence-electron chi connectivity index (χ3n) is 3.36. The normalized spacial score (nSPS) is 10.8. The highest BCUT2D eigenvalue weighted by Gasteiger charge is 2.07. The zero-order valence-electron chi connectivity index (χ0n) is 13.7. The molecule has 0 aliphatic rings. The summed E-state index contributed by atoms with van der Waals surface area (Å²) in [6.07, 6.45) is 2.83. The highest BCUT2D eigenvalue weighted by atomic mass is 35.5. The second-order valence-electron chi connectivity index (χ2n) is 5.23. The minimum atomic E-state index is -0.490. The molecule has 0 heterocycles. The molecule has 0 aromatic heterocycles. The predicted molar refractivity (Wildman–Crippen MR) is 103 cm³/mol. The summed E-state index contributed by atoms with van der Waals surface area (Å²) in [5, 5.41) is 13.8. The predicted octanol–water partition coefficient (Wildman–Crippen LogP) is 4.45. The van der Waals surface area contributed by atoms with Crippen LogP contribution < -0.4 is 5.32 Å². The number of non-ortho nitro benzene ring substituents is 1. The second kappa shape index (κ2) is 9.94. The largest absolute Gasteiger partial charge is 0.352 e. The van der Waals surface area contributed by atoms with Crippen molar-refractivity contribution < 1.29 is 14.1 Å². The Morgan fingerprint density at radius 2 is 2.08 bits per heavy atom. The van der Waals surface area contributed by atoms with Gasteiger partial charge in [-0.15, -0.1) is 0 Å². The van der Waals surface area contributed by atoms with Crippen molar-refractivity contribution in [3.8, 4) is 0 Å². The number of halogens is 2. The van der Waals surface area contributed by atoms with E-state index in [-0.39, 0.29) is 17.4 Å². The van der Waals surface area contributed by atoms with Gasteiger partial charge in [-0.2, -0.15) is 11.8 Å². The van der Waals surface area contributed by atoms with E-state index >= 15 is 0 Å². The van der Waals surface area contributed by atoms with Crippen molar-refractivity contribution in [3.63, 3.8) is 0 Å². The maximum absolute atomic E-state index is 13.6. The lowest BCUT2D eigenvalue weighted by molar-refractivity contribution is -0.384. The van der Waals surface area contributed by atoms with Crippen LogP contribution in [-0.4, -0.2) is 23.1 Å². The molecule has 26 heavy (non-hydrogen) atoms. The van der Waals surface area contributed by atoms with Gasteiger partial charge in [0.15, 0.2) is 0 Å². The molecule has 136 valence electrons. The number of hydrogen-bond acceptors (Lipinski definition) is 4. The third-order valence-corrected chi connectivity index (χ3v) is 4.70. The van der Waals surface area contributed by atoms with Crippen LogP contribution in [0.15, 0.2) is 48.5 Å². The Morgan fingerprint density at radius 3 is 2.81 bits per heavy atom. The van der Waals surface area contributed by atoms with E-state index in [9.17, 15) is 19.3 Å². The van der Waals surface area contributed by atoms with Crippen molar-refractivity contribution in [2.45, 2.75) is 5.75 Å². The molecule has 0 saturated carbocycles. The van der Waals surface area contributed by atoms with Gasteiger partial charge in [0.05, 0.1) is 4.92 Å². The zero-order chi connectivity index (χ0) is 18.9. The fraction of sp³-hybridized carbons (Fsp3) is 0.167. The molecule has 1 amide bonds.